The summed E-state index contributed by atoms with van der Waals surface area (Å²) in [6, 6.07) is 3.52. The van der Waals surface area contributed by atoms with Gasteiger partial charge in [0, 0.05) is 24.2 Å². The van der Waals surface area contributed by atoms with E-state index in [2.05, 4.69) is 15.0 Å². The van der Waals surface area contributed by atoms with Gasteiger partial charge in [-0.15, -0.1) is 0 Å². The van der Waals surface area contributed by atoms with Crippen LogP contribution in [0.2, 0.25) is 0 Å². The van der Waals surface area contributed by atoms with E-state index < -0.39 is 0 Å². The van der Waals surface area contributed by atoms with Gasteiger partial charge in [-0.2, -0.15) is 0 Å². The summed E-state index contributed by atoms with van der Waals surface area (Å²) >= 11 is 0. The van der Waals surface area contributed by atoms with E-state index in [0.29, 0.717) is 11.4 Å². The van der Waals surface area contributed by atoms with Gasteiger partial charge in [0.15, 0.2) is 0 Å². The number of aromatic nitrogens is 3. The van der Waals surface area contributed by atoms with E-state index in [1.807, 2.05) is 0 Å². The fraction of sp³-hybridized carbons (Fsp3) is 0.100. The number of hydrogen-bond donors (Lipinski definition) is 1. The average Bonchev–Trinajstić information content (AvgIpc) is 2.20. The maximum atomic E-state index is 11.4. The van der Waals surface area contributed by atoms with Crippen LogP contribution in [0.4, 0.5) is 0 Å². The average molecular weight is 187 g/mol. The van der Waals surface area contributed by atoms with Crippen LogP contribution in [0.15, 0.2) is 35.5 Å². The third-order valence-electron chi connectivity index (χ3n) is 1.91. The molecule has 0 unspecified atom stereocenters. The first-order valence-electron chi connectivity index (χ1n) is 4.24. The second-order valence-corrected chi connectivity index (χ2v) is 2.93. The van der Waals surface area contributed by atoms with Crippen LogP contribution in [0.5, 0.6) is 0 Å². The van der Waals surface area contributed by atoms with Gasteiger partial charge in [-0.05, 0) is 19.1 Å². The molecular formula is C10H9N3O. The standard InChI is InChI=1S/C10H9N3O/c1-7-12-5-8(6-13-7)9-3-2-4-11-10(9)14/h2-6H,1H3,(H,11,14). The molecule has 2 rings (SSSR count). The number of aromatic amines is 1. The number of nitrogens with one attached hydrogen (secondary N) is 1. The van der Waals surface area contributed by atoms with Crippen molar-refractivity contribution in [2.75, 3.05) is 0 Å². The number of rotatable bonds is 1. The van der Waals surface area contributed by atoms with Crippen LogP contribution < -0.4 is 5.56 Å². The van der Waals surface area contributed by atoms with Crippen LogP contribution in [-0.4, -0.2) is 15.0 Å². The molecule has 0 aliphatic carbocycles. The van der Waals surface area contributed by atoms with E-state index >= 15 is 0 Å². The van der Waals surface area contributed by atoms with Gasteiger partial charge in [-0.25, -0.2) is 9.97 Å². The third-order valence-corrected chi connectivity index (χ3v) is 1.91. The van der Waals surface area contributed by atoms with Crippen molar-refractivity contribution in [2.24, 2.45) is 0 Å². The topological polar surface area (TPSA) is 58.6 Å². The van der Waals surface area contributed by atoms with Crippen molar-refractivity contribution in [1.29, 1.82) is 0 Å². The largest absolute Gasteiger partial charge is 0.329 e. The third kappa shape index (κ3) is 1.54. The molecule has 0 amide bonds. The molecule has 2 aromatic rings. The SMILES string of the molecule is Cc1ncc(-c2ccc[nH]c2=O)cn1. The summed E-state index contributed by atoms with van der Waals surface area (Å²) in [5.74, 6) is 0.695. The van der Waals surface area contributed by atoms with Gasteiger partial charge >= 0.3 is 0 Å². The molecule has 0 aliphatic heterocycles. The lowest BCUT2D eigenvalue weighted by atomic mass is 10.1. The lowest BCUT2D eigenvalue weighted by Crippen LogP contribution is -2.07. The Morgan fingerprint density at radius 3 is 2.64 bits per heavy atom. The van der Waals surface area contributed by atoms with Gasteiger partial charge in [0.1, 0.15) is 5.82 Å². The molecule has 4 heteroatoms. The molecule has 0 radical (unpaired) electrons. The van der Waals surface area contributed by atoms with Crippen molar-refractivity contribution < 1.29 is 0 Å². The van der Waals surface area contributed by atoms with Gasteiger partial charge in [-0.3, -0.25) is 4.79 Å². The summed E-state index contributed by atoms with van der Waals surface area (Å²) in [6.45, 7) is 1.80. The van der Waals surface area contributed by atoms with E-state index in [0.717, 1.165) is 5.56 Å². The molecule has 0 bridgehead atoms. The van der Waals surface area contributed by atoms with Gasteiger partial charge in [0.2, 0.25) is 0 Å². The van der Waals surface area contributed by atoms with Crippen LogP contribution in [0.1, 0.15) is 5.82 Å². The van der Waals surface area contributed by atoms with E-state index in [1.54, 1.807) is 37.6 Å². The van der Waals surface area contributed by atoms with Crippen molar-refractivity contribution in [3.8, 4) is 11.1 Å². The highest BCUT2D eigenvalue weighted by Gasteiger charge is 2.01. The Morgan fingerprint density at radius 1 is 1.29 bits per heavy atom. The van der Waals surface area contributed by atoms with Crippen molar-refractivity contribution >= 4 is 0 Å². The highest BCUT2D eigenvalue weighted by Crippen LogP contribution is 2.10. The minimum atomic E-state index is -0.125. The Balaban J connectivity index is 2.56. The summed E-state index contributed by atoms with van der Waals surface area (Å²) in [4.78, 5) is 22.1. The van der Waals surface area contributed by atoms with E-state index in [1.165, 1.54) is 0 Å². The molecule has 2 aromatic heterocycles. The van der Waals surface area contributed by atoms with Crippen LogP contribution >= 0.6 is 0 Å². The van der Waals surface area contributed by atoms with E-state index in [4.69, 9.17) is 0 Å². The Kier molecular flexibility index (Phi) is 2.10. The number of aryl methyl sites for hydroxylation is 1. The first-order chi connectivity index (χ1) is 6.77. The zero-order valence-corrected chi connectivity index (χ0v) is 7.69. The Hall–Kier alpha value is -1.97. The first-order valence-corrected chi connectivity index (χ1v) is 4.24. The predicted molar refractivity (Wildman–Crippen MR) is 52.8 cm³/mol. The lowest BCUT2D eigenvalue weighted by Gasteiger charge is -1.98. The molecule has 0 fully saturated rings. The highest BCUT2D eigenvalue weighted by atomic mass is 16.1. The normalized spacial score (nSPS) is 10.1. The smallest absolute Gasteiger partial charge is 0.255 e. The summed E-state index contributed by atoms with van der Waals surface area (Å²) in [7, 11) is 0. The maximum Gasteiger partial charge on any atom is 0.255 e. The summed E-state index contributed by atoms with van der Waals surface area (Å²) in [6.07, 6.45) is 4.89. The fourth-order valence-corrected chi connectivity index (χ4v) is 1.18. The number of H-pyrrole nitrogens is 1. The van der Waals surface area contributed by atoms with Crippen LogP contribution in [0.25, 0.3) is 11.1 Å². The van der Waals surface area contributed by atoms with Gasteiger partial charge < -0.3 is 4.98 Å². The van der Waals surface area contributed by atoms with Crippen LogP contribution in [0, 0.1) is 6.92 Å². The molecule has 0 aliphatic rings. The van der Waals surface area contributed by atoms with Gasteiger partial charge in [0.05, 0.1) is 5.56 Å². The minimum absolute atomic E-state index is 0.125. The van der Waals surface area contributed by atoms with Crippen molar-refractivity contribution in [2.45, 2.75) is 6.92 Å². The molecule has 1 N–H and O–H groups in total. The Morgan fingerprint density at radius 2 is 2.00 bits per heavy atom. The lowest BCUT2D eigenvalue weighted by molar-refractivity contribution is 1.05. The summed E-state index contributed by atoms with van der Waals surface area (Å²) in [5, 5.41) is 0. The predicted octanol–water partition coefficient (Wildman–Crippen LogP) is 1.14. The highest BCUT2D eigenvalue weighted by molar-refractivity contribution is 5.59. The second-order valence-electron chi connectivity index (χ2n) is 2.93. The number of hydrogen-bond acceptors (Lipinski definition) is 3. The number of nitrogens with zero attached hydrogens (tertiary/aromatic N) is 2. The van der Waals surface area contributed by atoms with Crippen molar-refractivity contribution in [3.05, 3.63) is 46.9 Å². The van der Waals surface area contributed by atoms with Gasteiger partial charge in [-0.1, -0.05) is 0 Å². The zero-order chi connectivity index (χ0) is 9.97. The summed E-state index contributed by atoms with van der Waals surface area (Å²) < 4.78 is 0. The Bertz CT molecular complexity index is 487. The molecule has 70 valence electrons. The molecule has 0 saturated heterocycles. The van der Waals surface area contributed by atoms with Gasteiger partial charge in [0.25, 0.3) is 5.56 Å². The maximum absolute atomic E-state index is 11.4. The molecule has 0 saturated carbocycles. The van der Waals surface area contributed by atoms with E-state index in [9.17, 15) is 4.79 Å². The van der Waals surface area contributed by atoms with Crippen molar-refractivity contribution in [1.82, 2.24) is 15.0 Å². The minimum Gasteiger partial charge on any atom is -0.329 e. The van der Waals surface area contributed by atoms with Crippen LogP contribution in [0.3, 0.4) is 0 Å². The molecule has 0 atom stereocenters. The zero-order valence-electron chi connectivity index (χ0n) is 7.69. The quantitative estimate of drug-likeness (QED) is 0.728. The second kappa shape index (κ2) is 3.41. The van der Waals surface area contributed by atoms with E-state index in [-0.39, 0.29) is 5.56 Å². The fourth-order valence-electron chi connectivity index (χ4n) is 1.18. The molecule has 4 nitrogen and oxygen atoms in total. The molecular weight excluding hydrogens is 178 g/mol. The number of pyridine rings is 1. The first kappa shape index (κ1) is 8.62. The monoisotopic (exact) mass is 187 g/mol. The Labute approximate surface area is 80.7 Å². The van der Waals surface area contributed by atoms with Crippen LogP contribution in [-0.2, 0) is 0 Å². The molecule has 14 heavy (non-hydrogen) atoms. The summed E-state index contributed by atoms with van der Waals surface area (Å²) in [5.41, 5.74) is 1.20. The molecule has 2 heterocycles. The molecule has 0 spiro atoms. The molecule has 0 aromatic carbocycles. The van der Waals surface area contributed by atoms with Crippen molar-refractivity contribution in [3.63, 3.8) is 0 Å².